The third-order valence-electron chi connectivity index (χ3n) is 0.828. The molecule has 8 heteroatoms. The number of carbonyl (C=O) groups is 1. The number of alkyl halides is 6. The predicted molar refractivity (Wildman–Crippen MR) is 32.0 cm³/mol. The molecule has 0 aliphatic rings. The maximum absolute atomic E-state index is 11.8. The Kier molecular flexibility index (Phi) is 3.55. The Morgan fingerprint density at radius 3 is 1.79 bits per heavy atom. The molecule has 0 rings (SSSR count). The number of ether oxygens (including phenoxy) is 1. The molecule has 0 fully saturated rings. The van der Waals surface area contributed by atoms with Crippen molar-refractivity contribution in [3.8, 4) is 0 Å². The van der Waals surface area contributed by atoms with Crippen molar-refractivity contribution < 1.29 is 35.9 Å². The summed E-state index contributed by atoms with van der Waals surface area (Å²) in [5.41, 5.74) is 0. The minimum atomic E-state index is -5.35. The number of carbonyl (C=O) groups excluding carboxylic acids is 1. The van der Waals surface area contributed by atoms with E-state index in [0.717, 1.165) is 0 Å². The van der Waals surface area contributed by atoms with E-state index in [1.54, 1.807) is 0 Å². The van der Waals surface area contributed by atoms with Crippen molar-refractivity contribution in [3.63, 3.8) is 0 Å². The Morgan fingerprint density at radius 2 is 1.57 bits per heavy atom. The van der Waals surface area contributed by atoms with Gasteiger partial charge in [0, 0.05) is 6.92 Å². The van der Waals surface area contributed by atoms with Crippen molar-refractivity contribution in [1.82, 2.24) is 0 Å². The molecule has 0 aromatic carbocycles. The molecular weight excluding hydrogens is 218 g/mol. The van der Waals surface area contributed by atoms with E-state index in [9.17, 15) is 31.1 Å². The van der Waals surface area contributed by atoms with E-state index >= 15 is 0 Å². The lowest BCUT2D eigenvalue weighted by Crippen LogP contribution is -2.20. The minimum Gasteiger partial charge on any atom is -0.421 e. The molecule has 0 aromatic heterocycles. The van der Waals surface area contributed by atoms with E-state index in [1.165, 1.54) is 0 Å². The van der Waals surface area contributed by atoms with Crippen molar-refractivity contribution in [2.75, 3.05) is 0 Å². The molecular formula is C6H4F6O2. The smallest absolute Gasteiger partial charge is 0.421 e. The fourth-order valence-electron chi connectivity index (χ4n) is 0.473. The molecule has 14 heavy (non-hydrogen) atoms. The Balaban J connectivity index is 4.93. The lowest BCUT2D eigenvalue weighted by molar-refractivity contribution is -0.162. The van der Waals surface area contributed by atoms with Crippen LogP contribution in [-0.4, -0.2) is 18.3 Å². The van der Waals surface area contributed by atoms with E-state index in [2.05, 4.69) is 4.74 Å². The molecule has 0 heterocycles. The first kappa shape index (κ1) is 12.8. The van der Waals surface area contributed by atoms with Crippen molar-refractivity contribution in [2.45, 2.75) is 19.3 Å². The van der Waals surface area contributed by atoms with Gasteiger partial charge in [0.15, 0.2) is 0 Å². The van der Waals surface area contributed by atoms with Crippen molar-refractivity contribution in [3.05, 3.63) is 11.8 Å². The zero-order valence-electron chi connectivity index (χ0n) is 6.66. The van der Waals surface area contributed by atoms with E-state index in [4.69, 9.17) is 0 Å². The van der Waals surface area contributed by atoms with Crippen LogP contribution in [0.25, 0.3) is 0 Å². The van der Waals surface area contributed by atoms with Gasteiger partial charge in [0.25, 0.3) is 0 Å². The average Bonchev–Trinajstić information content (AvgIpc) is 1.78. The van der Waals surface area contributed by atoms with Gasteiger partial charge in [-0.05, 0) is 0 Å². The normalized spacial score (nSPS) is 14.1. The Morgan fingerprint density at radius 1 is 1.14 bits per heavy atom. The first-order valence-electron chi connectivity index (χ1n) is 3.07. The SMILES string of the molecule is CC(=O)O/C(=C\C(F)(F)F)C(F)(F)F. The Labute approximate surface area is 74.1 Å². The monoisotopic (exact) mass is 222 g/mol. The van der Waals surface area contributed by atoms with Gasteiger partial charge >= 0.3 is 18.3 Å². The number of hydrogen-bond donors (Lipinski definition) is 0. The van der Waals surface area contributed by atoms with Gasteiger partial charge in [-0.3, -0.25) is 4.79 Å². The van der Waals surface area contributed by atoms with Crippen molar-refractivity contribution in [2.24, 2.45) is 0 Å². The van der Waals surface area contributed by atoms with Gasteiger partial charge in [0.2, 0.25) is 5.76 Å². The van der Waals surface area contributed by atoms with Crippen LogP contribution in [0.1, 0.15) is 6.92 Å². The molecule has 0 aliphatic carbocycles. The van der Waals surface area contributed by atoms with Gasteiger partial charge in [-0.15, -0.1) is 0 Å². The quantitative estimate of drug-likeness (QED) is 0.387. The summed E-state index contributed by atoms with van der Waals surface area (Å²) in [6.07, 6.45) is -11.7. The highest BCUT2D eigenvalue weighted by Crippen LogP contribution is 2.30. The zero-order valence-corrected chi connectivity index (χ0v) is 6.66. The van der Waals surface area contributed by atoms with Gasteiger partial charge in [-0.25, -0.2) is 0 Å². The lowest BCUT2D eigenvalue weighted by Gasteiger charge is -2.11. The van der Waals surface area contributed by atoms with Gasteiger partial charge in [-0.2, -0.15) is 26.3 Å². The second-order valence-electron chi connectivity index (χ2n) is 2.14. The summed E-state index contributed by atoms with van der Waals surface area (Å²) in [4.78, 5) is 10.1. The highest BCUT2D eigenvalue weighted by Gasteiger charge is 2.41. The van der Waals surface area contributed by atoms with Crippen LogP contribution >= 0.6 is 0 Å². The number of allylic oxidation sites excluding steroid dienone is 2. The largest absolute Gasteiger partial charge is 0.449 e. The first-order valence-corrected chi connectivity index (χ1v) is 3.07. The minimum absolute atomic E-state index is 0.565. The zero-order chi connectivity index (χ0) is 11.6. The summed E-state index contributed by atoms with van der Waals surface area (Å²) in [6.45, 7) is 0.565. The molecule has 82 valence electrons. The van der Waals surface area contributed by atoms with Crippen LogP contribution in [-0.2, 0) is 9.53 Å². The molecule has 2 nitrogen and oxygen atoms in total. The van der Waals surface area contributed by atoms with Crippen LogP contribution in [0.15, 0.2) is 11.8 Å². The van der Waals surface area contributed by atoms with Gasteiger partial charge in [-0.1, -0.05) is 0 Å². The number of rotatable bonds is 1. The standard InChI is InChI=1S/C6H4F6O2/c1-3(13)14-4(6(10,11)12)2-5(7,8)9/h2H,1H3/b4-2-. The Bertz CT molecular complexity index is 248. The maximum Gasteiger partial charge on any atom is 0.449 e. The van der Waals surface area contributed by atoms with E-state index in [1.807, 2.05) is 0 Å². The second kappa shape index (κ2) is 3.89. The molecule has 0 atom stereocenters. The van der Waals surface area contributed by atoms with Gasteiger partial charge in [0.05, 0.1) is 6.08 Å². The van der Waals surface area contributed by atoms with Crippen molar-refractivity contribution >= 4 is 5.97 Å². The van der Waals surface area contributed by atoms with Crippen LogP contribution in [0, 0.1) is 0 Å². The molecule has 0 aliphatic heterocycles. The van der Waals surface area contributed by atoms with Crippen LogP contribution in [0.4, 0.5) is 26.3 Å². The third-order valence-corrected chi connectivity index (χ3v) is 0.828. The molecule has 0 aromatic rings. The van der Waals surface area contributed by atoms with Gasteiger partial charge < -0.3 is 4.74 Å². The van der Waals surface area contributed by atoms with E-state index in [0.29, 0.717) is 6.92 Å². The van der Waals surface area contributed by atoms with Crippen LogP contribution < -0.4 is 0 Å². The van der Waals surface area contributed by atoms with E-state index in [-0.39, 0.29) is 0 Å². The lowest BCUT2D eigenvalue weighted by atomic mass is 10.4. The highest BCUT2D eigenvalue weighted by atomic mass is 19.4. The molecule has 0 spiro atoms. The number of halogens is 6. The molecule has 0 amide bonds. The third kappa shape index (κ3) is 5.44. The average molecular weight is 222 g/mol. The van der Waals surface area contributed by atoms with E-state index < -0.39 is 30.2 Å². The molecule has 0 unspecified atom stereocenters. The van der Waals surface area contributed by atoms with Crippen LogP contribution in [0.5, 0.6) is 0 Å². The second-order valence-corrected chi connectivity index (χ2v) is 2.14. The molecule has 0 radical (unpaired) electrons. The topological polar surface area (TPSA) is 26.3 Å². The number of esters is 1. The fourth-order valence-corrected chi connectivity index (χ4v) is 0.473. The summed E-state index contributed by atoms with van der Waals surface area (Å²) in [6, 6.07) is 0. The summed E-state index contributed by atoms with van der Waals surface area (Å²) in [5, 5.41) is 0. The summed E-state index contributed by atoms with van der Waals surface area (Å²) >= 11 is 0. The molecule has 0 N–H and O–H groups in total. The summed E-state index contributed by atoms with van der Waals surface area (Å²) in [5.74, 6) is -3.85. The number of hydrogen-bond acceptors (Lipinski definition) is 2. The molecule has 0 saturated carbocycles. The highest BCUT2D eigenvalue weighted by molar-refractivity contribution is 5.67. The van der Waals surface area contributed by atoms with Gasteiger partial charge in [0.1, 0.15) is 0 Å². The fraction of sp³-hybridized carbons (Fsp3) is 0.500. The Hall–Kier alpha value is -1.21. The maximum atomic E-state index is 11.8. The summed E-state index contributed by atoms with van der Waals surface area (Å²) in [7, 11) is 0. The summed E-state index contributed by atoms with van der Waals surface area (Å²) < 4.78 is 73.2. The molecule has 0 bridgehead atoms. The van der Waals surface area contributed by atoms with Crippen LogP contribution in [0.3, 0.4) is 0 Å². The first-order chi connectivity index (χ1) is 6.02. The molecule has 0 saturated heterocycles. The van der Waals surface area contributed by atoms with Crippen LogP contribution in [0.2, 0.25) is 0 Å². The van der Waals surface area contributed by atoms with Crippen molar-refractivity contribution in [1.29, 1.82) is 0 Å². The predicted octanol–water partition coefficient (Wildman–Crippen LogP) is 2.56.